The number of ether oxygens (including phenoxy) is 1. The van der Waals surface area contributed by atoms with E-state index in [1.54, 1.807) is 0 Å². The number of likely N-dealkylation sites (tertiary alicyclic amines) is 1. The van der Waals surface area contributed by atoms with E-state index in [2.05, 4.69) is 11.4 Å². The number of nitrogens with zero attached hydrogens (tertiary/aromatic N) is 1. The molecule has 0 spiro atoms. The van der Waals surface area contributed by atoms with Crippen molar-refractivity contribution in [1.82, 2.24) is 10.2 Å². The predicted molar refractivity (Wildman–Crippen MR) is 75.6 cm³/mol. The number of carbonyl (C=O) groups excluding carboxylic acids is 1. The first-order valence-electron chi connectivity index (χ1n) is 7.61. The van der Waals surface area contributed by atoms with E-state index < -0.39 is 0 Å². The van der Waals surface area contributed by atoms with Crippen LogP contribution in [0.25, 0.3) is 0 Å². The van der Waals surface area contributed by atoms with Crippen molar-refractivity contribution in [2.45, 2.75) is 43.8 Å². The predicted octanol–water partition coefficient (Wildman–Crippen LogP) is 1.86. The van der Waals surface area contributed by atoms with Gasteiger partial charge in [-0.2, -0.15) is 0 Å². The van der Waals surface area contributed by atoms with E-state index in [0.29, 0.717) is 12.6 Å². The monoisotopic (exact) mass is 272 g/mol. The van der Waals surface area contributed by atoms with Gasteiger partial charge in [0, 0.05) is 18.2 Å². The Morgan fingerprint density at radius 1 is 1.20 bits per heavy atom. The average Bonchev–Trinajstić information content (AvgIpc) is 3.18. The number of rotatable bonds is 3. The second-order valence-electron chi connectivity index (χ2n) is 6.03. The molecule has 0 bridgehead atoms. The number of para-hydroxylation sites is 1. The van der Waals surface area contributed by atoms with Crippen molar-refractivity contribution in [2.75, 3.05) is 13.2 Å². The molecule has 1 aromatic carbocycles. The SMILES string of the molecule is O=C1C(NC2CC2)CCCN1C1COc2ccccc21. The topological polar surface area (TPSA) is 41.6 Å². The van der Waals surface area contributed by atoms with Crippen LogP contribution >= 0.6 is 0 Å². The summed E-state index contributed by atoms with van der Waals surface area (Å²) in [7, 11) is 0. The molecule has 2 heterocycles. The maximum absolute atomic E-state index is 12.7. The maximum atomic E-state index is 12.7. The molecule has 2 fully saturated rings. The molecule has 2 aliphatic heterocycles. The minimum Gasteiger partial charge on any atom is -0.491 e. The van der Waals surface area contributed by atoms with Gasteiger partial charge >= 0.3 is 0 Å². The molecule has 1 aliphatic carbocycles. The van der Waals surface area contributed by atoms with Gasteiger partial charge in [-0.05, 0) is 31.7 Å². The van der Waals surface area contributed by atoms with Crippen LogP contribution in [0.1, 0.15) is 37.3 Å². The molecule has 1 aromatic rings. The molecule has 0 aromatic heterocycles. The van der Waals surface area contributed by atoms with Crippen molar-refractivity contribution in [3.8, 4) is 5.75 Å². The summed E-state index contributed by atoms with van der Waals surface area (Å²) in [6.07, 6.45) is 4.49. The van der Waals surface area contributed by atoms with Crippen LogP contribution in [-0.4, -0.2) is 36.0 Å². The fourth-order valence-corrected chi connectivity index (χ4v) is 3.30. The van der Waals surface area contributed by atoms with Crippen molar-refractivity contribution >= 4 is 5.91 Å². The fraction of sp³-hybridized carbons (Fsp3) is 0.562. The molecule has 1 N–H and O–H groups in total. The maximum Gasteiger partial charge on any atom is 0.240 e. The number of carbonyl (C=O) groups is 1. The van der Waals surface area contributed by atoms with Gasteiger partial charge in [0.15, 0.2) is 0 Å². The minimum absolute atomic E-state index is 0.0176. The fourth-order valence-electron chi connectivity index (χ4n) is 3.30. The van der Waals surface area contributed by atoms with Crippen molar-refractivity contribution < 1.29 is 9.53 Å². The summed E-state index contributed by atoms with van der Waals surface area (Å²) in [6.45, 7) is 1.45. The Hall–Kier alpha value is -1.55. The van der Waals surface area contributed by atoms with Crippen LogP contribution in [0.2, 0.25) is 0 Å². The first kappa shape index (κ1) is 12.2. The van der Waals surface area contributed by atoms with Gasteiger partial charge in [0.25, 0.3) is 0 Å². The summed E-state index contributed by atoms with van der Waals surface area (Å²) < 4.78 is 5.73. The van der Waals surface area contributed by atoms with E-state index in [9.17, 15) is 4.79 Å². The summed E-state index contributed by atoms with van der Waals surface area (Å²) >= 11 is 0. The number of hydrogen-bond acceptors (Lipinski definition) is 3. The molecule has 4 nitrogen and oxygen atoms in total. The normalized spacial score (nSPS) is 29.2. The highest BCUT2D eigenvalue weighted by atomic mass is 16.5. The number of hydrogen-bond donors (Lipinski definition) is 1. The standard InChI is InChI=1S/C16H20N2O2/c19-16-13(17-11-7-8-11)5-3-9-18(16)14-10-20-15-6-2-1-4-12(14)15/h1-2,4,6,11,13-14,17H,3,5,7-10H2. The Morgan fingerprint density at radius 3 is 2.90 bits per heavy atom. The van der Waals surface area contributed by atoms with Crippen molar-refractivity contribution in [3.63, 3.8) is 0 Å². The Labute approximate surface area is 119 Å². The van der Waals surface area contributed by atoms with Crippen molar-refractivity contribution in [2.24, 2.45) is 0 Å². The molecule has 1 saturated heterocycles. The van der Waals surface area contributed by atoms with Gasteiger partial charge in [-0.15, -0.1) is 0 Å². The number of nitrogens with one attached hydrogen (secondary N) is 1. The molecule has 106 valence electrons. The number of amides is 1. The number of benzene rings is 1. The van der Waals surface area contributed by atoms with E-state index in [1.807, 2.05) is 23.1 Å². The number of fused-ring (bicyclic) bond motifs is 1. The Morgan fingerprint density at radius 2 is 2.05 bits per heavy atom. The van der Waals surface area contributed by atoms with E-state index >= 15 is 0 Å². The summed E-state index contributed by atoms with van der Waals surface area (Å²) in [5, 5.41) is 3.49. The lowest BCUT2D eigenvalue weighted by Crippen LogP contribution is -2.52. The van der Waals surface area contributed by atoms with E-state index in [4.69, 9.17) is 4.74 Å². The molecular weight excluding hydrogens is 252 g/mol. The lowest BCUT2D eigenvalue weighted by Gasteiger charge is -2.36. The van der Waals surface area contributed by atoms with Crippen LogP contribution in [-0.2, 0) is 4.79 Å². The second kappa shape index (κ2) is 4.77. The quantitative estimate of drug-likeness (QED) is 0.913. The zero-order chi connectivity index (χ0) is 13.5. The third-order valence-electron chi connectivity index (χ3n) is 4.54. The number of piperidine rings is 1. The van der Waals surface area contributed by atoms with Gasteiger partial charge in [-0.3, -0.25) is 4.79 Å². The van der Waals surface area contributed by atoms with E-state index in [0.717, 1.165) is 30.7 Å². The Balaban J connectivity index is 1.54. The highest BCUT2D eigenvalue weighted by Gasteiger charge is 2.39. The van der Waals surface area contributed by atoms with Gasteiger partial charge in [0.2, 0.25) is 5.91 Å². The first-order valence-corrected chi connectivity index (χ1v) is 7.61. The summed E-state index contributed by atoms with van der Waals surface area (Å²) in [5.41, 5.74) is 1.16. The molecule has 3 aliphatic rings. The van der Waals surface area contributed by atoms with E-state index in [1.165, 1.54) is 12.8 Å². The zero-order valence-electron chi connectivity index (χ0n) is 11.5. The van der Waals surface area contributed by atoms with Crippen molar-refractivity contribution in [3.05, 3.63) is 29.8 Å². The van der Waals surface area contributed by atoms with Crippen LogP contribution in [0.4, 0.5) is 0 Å². The molecule has 1 saturated carbocycles. The highest BCUT2D eigenvalue weighted by molar-refractivity contribution is 5.83. The average molecular weight is 272 g/mol. The Bertz CT molecular complexity index is 527. The molecule has 2 unspecified atom stereocenters. The third-order valence-corrected chi connectivity index (χ3v) is 4.54. The summed E-state index contributed by atoms with van der Waals surface area (Å²) in [6, 6.07) is 8.77. The van der Waals surface area contributed by atoms with Crippen LogP contribution in [0, 0.1) is 0 Å². The highest BCUT2D eigenvalue weighted by Crippen LogP contribution is 2.37. The molecule has 20 heavy (non-hydrogen) atoms. The largest absolute Gasteiger partial charge is 0.491 e. The molecule has 4 rings (SSSR count). The lowest BCUT2D eigenvalue weighted by atomic mass is 9.99. The smallest absolute Gasteiger partial charge is 0.240 e. The lowest BCUT2D eigenvalue weighted by molar-refractivity contribution is -0.139. The third kappa shape index (κ3) is 2.08. The molecule has 1 amide bonds. The van der Waals surface area contributed by atoms with Crippen LogP contribution < -0.4 is 10.1 Å². The molecular formula is C16H20N2O2. The van der Waals surface area contributed by atoms with Gasteiger partial charge in [0.05, 0.1) is 12.1 Å². The zero-order valence-corrected chi connectivity index (χ0v) is 11.5. The van der Waals surface area contributed by atoms with Crippen molar-refractivity contribution in [1.29, 1.82) is 0 Å². The van der Waals surface area contributed by atoms with Crippen LogP contribution in [0.5, 0.6) is 5.75 Å². The molecule has 4 heteroatoms. The second-order valence-corrected chi connectivity index (χ2v) is 6.03. The Kier molecular flexibility index (Phi) is 2.91. The molecule has 0 radical (unpaired) electrons. The van der Waals surface area contributed by atoms with Crippen LogP contribution in [0.3, 0.4) is 0 Å². The van der Waals surface area contributed by atoms with Gasteiger partial charge in [-0.25, -0.2) is 0 Å². The summed E-state index contributed by atoms with van der Waals surface area (Å²) in [4.78, 5) is 14.7. The first-order chi connectivity index (χ1) is 9.83. The van der Waals surface area contributed by atoms with Gasteiger partial charge < -0.3 is 15.0 Å². The van der Waals surface area contributed by atoms with E-state index in [-0.39, 0.29) is 18.0 Å². The van der Waals surface area contributed by atoms with Gasteiger partial charge in [0.1, 0.15) is 12.4 Å². The van der Waals surface area contributed by atoms with Gasteiger partial charge in [-0.1, -0.05) is 18.2 Å². The minimum atomic E-state index is 0.0176. The molecule has 2 atom stereocenters. The summed E-state index contributed by atoms with van der Waals surface area (Å²) in [5.74, 6) is 1.19. The van der Waals surface area contributed by atoms with Crippen LogP contribution in [0.15, 0.2) is 24.3 Å².